The zero-order chi connectivity index (χ0) is 18.9. The van der Waals surface area contributed by atoms with Crippen molar-refractivity contribution in [2.45, 2.75) is 23.8 Å². The molecule has 4 rings (SSSR count). The molecule has 2 fully saturated rings. The number of hydrogen-bond acceptors (Lipinski definition) is 4. The molecule has 6 nitrogen and oxygen atoms in total. The number of amides is 1. The molecule has 1 aliphatic carbocycles. The molecule has 2 aromatic rings. The van der Waals surface area contributed by atoms with E-state index < -0.39 is 10.0 Å². The molecule has 1 aliphatic heterocycles. The van der Waals surface area contributed by atoms with Crippen molar-refractivity contribution >= 4 is 21.6 Å². The Morgan fingerprint density at radius 3 is 2.30 bits per heavy atom. The van der Waals surface area contributed by atoms with Crippen LogP contribution in [0.2, 0.25) is 0 Å². The number of carbonyl (C=O) groups excluding carboxylic acids is 1. The van der Waals surface area contributed by atoms with Crippen molar-refractivity contribution in [3.63, 3.8) is 0 Å². The second-order valence-corrected chi connectivity index (χ2v) is 8.94. The summed E-state index contributed by atoms with van der Waals surface area (Å²) in [4.78, 5) is 14.6. The van der Waals surface area contributed by atoms with Crippen molar-refractivity contribution in [2.75, 3.05) is 31.1 Å². The summed E-state index contributed by atoms with van der Waals surface area (Å²) in [6, 6.07) is 16.6. The molecule has 0 unspecified atom stereocenters. The maximum absolute atomic E-state index is 13.0. The molecular weight excluding hydrogens is 362 g/mol. The van der Waals surface area contributed by atoms with Gasteiger partial charge in [0.15, 0.2) is 0 Å². The molecule has 1 amide bonds. The Morgan fingerprint density at radius 2 is 1.63 bits per heavy atom. The monoisotopic (exact) mass is 385 g/mol. The first-order valence-electron chi connectivity index (χ1n) is 9.25. The van der Waals surface area contributed by atoms with Crippen LogP contribution in [0, 0.1) is 0 Å². The van der Waals surface area contributed by atoms with Crippen molar-refractivity contribution < 1.29 is 13.2 Å². The van der Waals surface area contributed by atoms with Crippen LogP contribution in [0.4, 0.5) is 5.69 Å². The summed E-state index contributed by atoms with van der Waals surface area (Å²) in [6.45, 7) is 2.14. The van der Waals surface area contributed by atoms with E-state index in [9.17, 15) is 13.2 Å². The minimum Gasteiger partial charge on any atom is -0.369 e. The van der Waals surface area contributed by atoms with Crippen LogP contribution in [0.3, 0.4) is 0 Å². The molecule has 0 aromatic heterocycles. The lowest BCUT2D eigenvalue weighted by Crippen LogP contribution is -2.48. The second-order valence-electron chi connectivity index (χ2n) is 7.00. The van der Waals surface area contributed by atoms with Gasteiger partial charge in [0.2, 0.25) is 10.0 Å². The summed E-state index contributed by atoms with van der Waals surface area (Å²) in [7, 11) is -3.61. The largest absolute Gasteiger partial charge is 0.369 e. The Kier molecular flexibility index (Phi) is 4.88. The predicted molar refractivity (Wildman–Crippen MR) is 104 cm³/mol. The van der Waals surface area contributed by atoms with Gasteiger partial charge in [0.1, 0.15) is 0 Å². The van der Waals surface area contributed by atoms with Crippen LogP contribution in [0.5, 0.6) is 0 Å². The van der Waals surface area contributed by atoms with Crippen LogP contribution in [0.15, 0.2) is 59.5 Å². The first-order valence-corrected chi connectivity index (χ1v) is 10.7. The standard InChI is InChI=1S/C20H23N3O3S/c24-20(21-17-9-10-17)16-5-4-8-19(15-16)27(25,26)23-13-11-22(12-14-23)18-6-2-1-3-7-18/h1-8,15,17H,9-14H2,(H,21,24). The summed E-state index contributed by atoms with van der Waals surface area (Å²) in [6.07, 6.45) is 1.99. The fraction of sp³-hybridized carbons (Fsp3) is 0.350. The van der Waals surface area contributed by atoms with E-state index in [0.717, 1.165) is 18.5 Å². The molecule has 2 aliphatic rings. The molecule has 142 valence electrons. The third-order valence-electron chi connectivity index (χ3n) is 5.01. The molecule has 0 spiro atoms. The normalized spacial score (nSPS) is 18.3. The van der Waals surface area contributed by atoms with Gasteiger partial charge in [0.25, 0.3) is 5.91 Å². The van der Waals surface area contributed by atoms with E-state index in [1.165, 1.54) is 10.4 Å². The maximum atomic E-state index is 13.0. The minimum atomic E-state index is -3.61. The van der Waals surface area contributed by atoms with Gasteiger partial charge in [-0.05, 0) is 43.2 Å². The predicted octanol–water partition coefficient (Wildman–Crippen LogP) is 2.09. The van der Waals surface area contributed by atoms with E-state index >= 15 is 0 Å². The van der Waals surface area contributed by atoms with Gasteiger partial charge in [-0.2, -0.15) is 4.31 Å². The molecule has 0 atom stereocenters. The fourth-order valence-electron chi connectivity index (χ4n) is 3.27. The van der Waals surface area contributed by atoms with Crippen molar-refractivity contribution in [1.82, 2.24) is 9.62 Å². The number of sulfonamides is 1. The van der Waals surface area contributed by atoms with Gasteiger partial charge in [0, 0.05) is 43.5 Å². The molecule has 27 heavy (non-hydrogen) atoms. The first kappa shape index (κ1) is 18.0. The van der Waals surface area contributed by atoms with E-state index in [1.54, 1.807) is 18.2 Å². The van der Waals surface area contributed by atoms with Gasteiger partial charge >= 0.3 is 0 Å². The van der Waals surface area contributed by atoms with Gasteiger partial charge in [0.05, 0.1) is 4.90 Å². The first-order chi connectivity index (χ1) is 13.0. The number of para-hydroxylation sites is 1. The third kappa shape index (κ3) is 3.99. The van der Waals surface area contributed by atoms with Crippen molar-refractivity contribution in [3.8, 4) is 0 Å². The van der Waals surface area contributed by atoms with E-state index in [-0.39, 0.29) is 16.8 Å². The maximum Gasteiger partial charge on any atom is 0.251 e. The molecule has 0 radical (unpaired) electrons. The van der Waals surface area contributed by atoms with Crippen LogP contribution in [-0.2, 0) is 10.0 Å². The SMILES string of the molecule is O=C(NC1CC1)c1cccc(S(=O)(=O)N2CCN(c3ccccc3)CC2)c1. The van der Waals surface area contributed by atoms with Gasteiger partial charge in [-0.3, -0.25) is 4.79 Å². The highest BCUT2D eigenvalue weighted by Crippen LogP contribution is 2.23. The summed E-state index contributed by atoms with van der Waals surface area (Å²) in [5, 5.41) is 2.90. The highest BCUT2D eigenvalue weighted by Gasteiger charge is 2.29. The molecule has 7 heteroatoms. The van der Waals surface area contributed by atoms with Crippen LogP contribution in [-0.4, -0.2) is 50.9 Å². The minimum absolute atomic E-state index is 0.180. The molecule has 2 aromatic carbocycles. The molecule has 1 saturated heterocycles. The number of piperazine rings is 1. The Labute approximate surface area is 159 Å². The Morgan fingerprint density at radius 1 is 0.926 bits per heavy atom. The van der Waals surface area contributed by atoms with Crippen LogP contribution in [0.1, 0.15) is 23.2 Å². The summed E-state index contributed by atoms with van der Waals surface area (Å²) in [5.41, 5.74) is 1.50. The molecule has 0 bridgehead atoms. The van der Waals surface area contributed by atoms with Gasteiger partial charge in [-0.15, -0.1) is 0 Å². The summed E-state index contributed by atoms with van der Waals surface area (Å²) < 4.78 is 27.5. The Hall–Kier alpha value is -2.38. The highest BCUT2D eigenvalue weighted by atomic mass is 32.2. The number of rotatable bonds is 5. The number of anilines is 1. The number of nitrogens with one attached hydrogen (secondary N) is 1. The molecule has 1 saturated carbocycles. The van der Waals surface area contributed by atoms with Crippen molar-refractivity contribution in [3.05, 3.63) is 60.2 Å². The van der Waals surface area contributed by atoms with E-state index in [2.05, 4.69) is 10.2 Å². The Bertz CT molecular complexity index is 918. The average Bonchev–Trinajstić information content (AvgIpc) is 3.53. The lowest BCUT2D eigenvalue weighted by molar-refractivity contribution is 0.0951. The fourth-order valence-corrected chi connectivity index (χ4v) is 4.74. The molecule has 1 N–H and O–H groups in total. The van der Waals surface area contributed by atoms with Gasteiger partial charge in [-0.25, -0.2) is 8.42 Å². The third-order valence-corrected chi connectivity index (χ3v) is 6.90. The summed E-state index contributed by atoms with van der Waals surface area (Å²) >= 11 is 0. The number of nitrogens with zero attached hydrogens (tertiary/aromatic N) is 2. The average molecular weight is 385 g/mol. The van der Waals surface area contributed by atoms with Gasteiger partial charge < -0.3 is 10.2 Å². The number of carbonyl (C=O) groups is 1. The lowest BCUT2D eigenvalue weighted by atomic mass is 10.2. The lowest BCUT2D eigenvalue weighted by Gasteiger charge is -2.35. The smallest absolute Gasteiger partial charge is 0.251 e. The molecular formula is C20H23N3O3S. The topological polar surface area (TPSA) is 69.7 Å². The second kappa shape index (κ2) is 7.32. The number of benzene rings is 2. The van der Waals surface area contributed by atoms with E-state index in [4.69, 9.17) is 0 Å². The van der Waals surface area contributed by atoms with Crippen molar-refractivity contribution in [1.29, 1.82) is 0 Å². The molecule has 1 heterocycles. The number of hydrogen-bond donors (Lipinski definition) is 1. The van der Waals surface area contributed by atoms with Crippen molar-refractivity contribution in [2.24, 2.45) is 0 Å². The van der Waals surface area contributed by atoms with Crippen LogP contribution in [0.25, 0.3) is 0 Å². The Balaban J connectivity index is 1.46. The van der Waals surface area contributed by atoms with Gasteiger partial charge in [-0.1, -0.05) is 24.3 Å². The van der Waals surface area contributed by atoms with E-state index in [0.29, 0.717) is 31.7 Å². The quantitative estimate of drug-likeness (QED) is 0.856. The zero-order valence-electron chi connectivity index (χ0n) is 15.0. The summed E-state index contributed by atoms with van der Waals surface area (Å²) in [5.74, 6) is -0.205. The van der Waals surface area contributed by atoms with E-state index in [1.807, 2.05) is 30.3 Å². The highest BCUT2D eigenvalue weighted by molar-refractivity contribution is 7.89. The van der Waals surface area contributed by atoms with Crippen LogP contribution >= 0.6 is 0 Å². The van der Waals surface area contributed by atoms with Crippen LogP contribution < -0.4 is 10.2 Å². The zero-order valence-corrected chi connectivity index (χ0v) is 15.9.